The van der Waals surface area contributed by atoms with Crippen molar-refractivity contribution in [2.45, 2.75) is 58.1 Å². The van der Waals surface area contributed by atoms with Crippen LogP contribution in [-0.4, -0.2) is 33.8 Å². The first-order valence-electron chi connectivity index (χ1n) is 7.60. The van der Waals surface area contributed by atoms with Gasteiger partial charge in [-0.2, -0.15) is 0 Å². The summed E-state index contributed by atoms with van der Waals surface area (Å²) in [4.78, 5) is 15.5. The molecule has 21 heavy (non-hydrogen) atoms. The minimum absolute atomic E-state index is 0.288. The molecule has 0 saturated heterocycles. The van der Waals surface area contributed by atoms with Crippen LogP contribution in [0.3, 0.4) is 0 Å². The van der Waals surface area contributed by atoms with Gasteiger partial charge in [-0.25, -0.2) is 0 Å². The van der Waals surface area contributed by atoms with Gasteiger partial charge in [0.2, 0.25) is 5.91 Å². The fourth-order valence-electron chi connectivity index (χ4n) is 2.23. The number of aliphatic hydroxyl groups is 2. The average Bonchev–Trinajstić information content (AvgIpc) is 2.48. The molecule has 0 saturated carbocycles. The topological polar surface area (TPSA) is 82.5 Å². The summed E-state index contributed by atoms with van der Waals surface area (Å²) in [6.45, 7) is 3.20. The minimum Gasteiger partial charge on any atom is -0.394 e. The molecule has 0 spiro atoms. The van der Waals surface area contributed by atoms with Gasteiger partial charge in [0.15, 0.2) is 0 Å². The molecule has 5 heteroatoms. The summed E-state index contributed by atoms with van der Waals surface area (Å²) in [5.41, 5.74) is 1.41. The van der Waals surface area contributed by atoms with Crippen molar-refractivity contribution >= 4 is 5.91 Å². The molecule has 0 aliphatic heterocycles. The third kappa shape index (κ3) is 6.23. The van der Waals surface area contributed by atoms with Gasteiger partial charge in [-0.1, -0.05) is 32.3 Å². The van der Waals surface area contributed by atoms with Crippen LogP contribution >= 0.6 is 0 Å². The Hall–Kier alpha value is -1.46. The minimum atomic E-state index is -1.01. The highest BCUT2D eigenvalue weighted by Gasteiger charge is 2.22. The van der Waals surface area contributed by atoms with Crippen molar-refractivity contribution in [3.8, 4) is 0 Å². The molecule has 118 valence electrons. The molecule has 2 unspecified atom stereocenters. The molecular formula is C16H26N2O3. The van der Waals surface area contributed by atoms with E-state index >= 15 is 0 Å². The highest BCUT2D eigenvalue weighted by atomic mass is 16.3. The van der Waals surface area contributed by atoms with E-state index in [1.165, 1.54) is 26.2 Å². The van der Waals surface area contributed by atoms with Crippen molar-refractivity contribution in [2.24, 2.45) is 0 Å². The molecule has 0 bridgehead atoms. The van der Waals surface area contributed by atoms with Crippen LogP contribution in [0.5, 0.6) is 0 Å². The summed E-state index contributed by atoms with van der Waals surface area (Å²) in [5.74, 6) is -0.288. The lowest BCUT2D eigenvalue weighted by molar-refractivity contribution is -0.121. The van der Waals surface area contributed by atoms with Crippen LogP contribution in [0.25, 0.3) is 0 Å². The van der Waals surface area contributed by atoms with Gasteiger partial charge in [0, 0.05) is 12.6 Å². The van der Waals surface area contributed by atoms with E-state index in [-0.39, 0.29) is 12.5 Å². The molecule has 3 N–H and O–H groups in total. The number of nitrogens with zero attached hydrogens (tertiary/aromatic N) is 1. The summed E-state index contributed by atoms with van der Waals surface area (Å²) in [7, 11) is 0. The lowest BCUT2D eigenvalue weighted by atomic mass is 10.1. The Labute approximate surface area is 126 Å². The van der Waals surface area contributed by atoms with Crippen LogP contribution in [0.2, 0.25) is 0 Å². The van der Waals surface area contributed by atoms with E-state index in [9.17, 15) is 15.0 Å². The number of aromatic nitrogens is 1. The molecule has 0 aliphatic rings. The highest BCUT2D eigenvalue weighted by Crippen LogP contribution is 2.16. The fraction of sp³-hybridized carbons (Fsp3) is 0.625. The lowest BCUT2D eigenvalue weighted by Crippen LogP contribution is -2.41. The number of hydrogen-bond acceptors (Lipinski definition) is 4. The fourth-order valence-corrected chi connectivity index (χ4v) is 2.23. The van der Waals surface area contributed by atoms with E-state index < -0.39 is 12.1 Å². The van der Waals surface area contributed by atoms with Gasteiger partial charge in [0.05, 0.1) is 18.3 Å². The van der Waals surface area contributed by atoms with Crippen LogP contribution in [0.15, 0.2) is 18.2 Å². The number of aliphatic hydroxyl groups excluding tert-OH is 2. The van der Waals surface area contributed by atoms with Gasteiger partial charge in [-0.3, -0.25) is 9.78 Å². The lowest BCUT2D eigenvalue weighted by Gasteiger charge is -2.21. The van der Waals surface area contributed by atoms with E-state index in [0.717, 1.165) is 18.5 Å². The molecule has 1 aromatic heterocycles. The van der Waals surface area contributed by atoms with Crippen molar-refractivity contribution in [1.29, 1.82) is 0 Å². The molecule has 0 aromatic carbocycles. The zero-order chi connectivity index (χ0) is 15.7. The Balaban J connectivity index is 2.66. The van der Waals surface area contributed by atoms with E-state index in [1.807, 2.05) is 12.1 Å². The van der Waals surface area contributed by atoms with Crippen molar-refractivity contribution in [3.05, 3.63) is 29.6 Å². The van der Waals surface area contributed by atoms with Crippen LogP contribution in [0.4, 0.5) is 0 Å². The number of aryl methyl sites for hydroxylation is 1. The Morgan fingerprint density at radius 3 is 2.71 bits per heavy atom. The molecule has 1 rings (SSSR count). The normalized spacial score (nSPS) is 13.7. The Bertz CT molecular complexity index is 437. The second kappa shape index (κ2) is 9.47. The zero-order valence-corrected chi connectivity index (χ0v) is 12.9. The first-order chi connectivity index (χ1) is 10.1. The van der Waals surface area contributed by atoms with Crippen LogP contribution < -0.4 is 5.32 Å². The smallest absolute Gasteiger partial charge is 0.217 e. The van der Waals surface area contributed by atoms with Crippen molar-refractivity contribution in [2.75, 3.05) is 6.61 Å². The van der Waals surface area contributed by atoms with Gasteiger partial charge < -0.3 is 15.5 Å². The van der Waals surface area contributed by atoms with E-state index in [2.05, 4.69) is 17.2 Å². The monoisotopic (exact) mass is 294 g/mol. The molecular weight excluding hydrogens is 268 g/mol. The van der Waals surface area contributed by atoms with Gasteiger partial charge in [0.1, 0.15) is 6.10 Å². The van der Waals surface area contributed by atoms with Crippen LogP contribution in [-0.2, 0) is 11.2 Å². The molecule has 2 atom stereocenters. The summed E-state index contributed by atoms with van der Waals surface area (Å²) in [5, 5.41) is 22.0. The number of carbonyl (C=O) groups excluding carboxylic acids is 1. The van der Waals surface area contributed by atoms with Gasteiger partial charge in [-0.05, 0) is 25.0 Å². The second-order valence-electron chi connectivity index (χ2n) is 5.30. The predicted octanol–water partition coefficient (Wildman–Crippen LogP) is 1.73. The van der Waals surface area contributed by atoms with Crippen LogP contribution in [0, 0.1) is 0 Å². The van der Waals surface area contributed by atoms with E-state index in [1.54, 1.807) is 6.07 Å². The second-order valence-corrected chi connectivity index (χ2v) is 5.30. The molecule has 1 amide bonds. The molecule has 0 radical (unpaired) electrons. The summed E-state index contributed by atoms with van der Waals surface area (Å²) < 4.78 is 0. The SMILES string of the molecule is CCCCCCc1cccc(C(O)C(CO)NC(C)=O)n1. The quantitative estimate of drug-likeness (QED) is 0.606. The van der Waals surface area contributed by atoms with Gasteiger partial charge in [-0.15, -0.1) is 0 Å². The van der Waals surface area contributed by atoms with Gasteiger partial charge in [0.25, 0.3) is 0 Å². The third-order valence-electron chi connectivity index (χ3n) is 3.38. The number of amides is 1. The van der Waals surface area contributed by atoms with Crippen LogP contribution in [0.1, 0.15) is 57.0 Å². The van der Waals surface area contributed by atoms with E-state index in [0.29, 0.717) is 5.69 Å². The van der Waals surface area contributed by atoms with Gasteiger partial charge >= 0.3 is 0 Å². The van der Waals surface area contributed by atoms with Crippen molar-refractivity contribution in [1.82, 2.24) is 10.3 Å². The number of rotatable bonds is 9. The molecule has 1 aromatic rings. The maximum atomic E-state index is 11.1. The molecule has 0 aliphatic carbocycles. The first kappa shape index (κ1) is 17.6. The van der Waals surface area contributed by atoms with Crippen molar-refractivity contribution < 1.29 is 15.0 Å². The Morgan fingerprint density at radius 2 is 2.10 bits per heavy atom. The standard InChI is InChI=1S/C16H26N2O3/c1-3-4-5-6-8-13-9-7-10-14(18-13)16(21)15(11-19)17-12(2)20/h7,9-10,15-16,19,21H,3-6,8,11H2,1-2H3,(H,17,20). The Morgan fingerprint density at radius 1 is 1.33 bits per heavy atom. The average molecular weight is 294 g/mol. The number of unbranched alkanes of at least 4 members (excludes halogenated alkanes) is 3. The summed E-state index contributed by atoms with van der Waals surface area (Å²) >= 11 is 0. The van der Waals surface area contributed by atoms with E-state index in [4.69, 9.17) is 0 Å². The largest absolute Gasteiger partial charge is 0.394 e. The maximum absolute atomic E-state index is 11.1. The zero-order valence-electron chi connectivity index (χ0n) is 12.9. The summed E-state index contributed by atoms with van der Waals surface area (Å²) in [6.07, 6.45) is 4.55. The van der Waals surface area contributed by atoms with Crippen molar-refractivity contribution in [3.63, 3.8) is 0 Å². The number of hydrogen-bond donors (Lipinski definition) is 3. The predicted molar refractivity (Wildman–Crippen MR) is 81.7 cm³/mol. The summed E-state index contributed by atoms with van der Waals surface area (Å²) in [6, 6.07) is 4.77. The highest BCUT2D eigenvalue weighted by molar-refractivity contribution is 5.73. The number of pyridine rings is 1. The first-order valence-corrected chi connectivity index (χ1v) is 7.60. The molecule has 0 fully saturated rings. The maximum Gasteiger partial charge on any atom is 0.217 e. The number of nitrogens with one attached hydrogen (secondary N) is 1. The molecule has 1 heterocycles. The molecule has 5 nitrogen and oxygen atoms in total. The number of carbonyl (C=O) groups is 1. The Kier molecular flexibility index (Phi) is 7.93. The third-order valence-corrected chi connectivity index (χ3v) is 3.38.